The zero-order valence-corrected chi connectivity index (χ0v) is 10.8. The first kappa shape index (κ1) is 13.0. The minimum atomic E-state index is -0.399. The number of benzene rings is 2. The summed E-state index contributed by atoms with van der Waals surface area (Å²) in [5, 5.41) is 0.760. The van der Waals surface area contributed by atoms with Crippen LogP contribution < -0.4 is 10.5 Å². The fourth-order valence-electron chi connectivity index (χ4n) is 1.40. The van der Waals surface area contributed by atoms with Gasteiger partial charge in [-0.25, -0.2) is 4.39 Å². The number of halogens is 3. The van der Waals surface area contributed by atoms with Crippen LogP contribution in [0.1, 0.15) is 5.56 Å². The average Bonchev–Trinajstić information content (AvgIpc) is 2.32. The van der Waals surface area contributed by atoms with E-state index in [2.05, 4.69) is 0 Å². The van der Waals surface area contributed by atoms with Crippen molar-refractivity contribution in [2.24, 2.45) is 0 Å². The van der Waals surface area contributed by atoms with Gasteiger partial charge in [-0.3, -0.25) is 0 Å². The Kier molecular flexibility index (Phi) is 3.94. The second-order valence-electron chi connectivity index (χ2n) is 3.71. The summed E-state index contributed by atoms with van der Waals surface area (Å²) in [6, 6.07) is 9.34. The fraction of sp³-hybridized carbons (Fsp3) is 0.0769. The number of nitrogen functional groups attached to an aromatic ring is 1. The van der Waals surface area contributed by atoms with Crippen molar-refractivity contribution in [1.82, 2.24) is 0 Å². The molecule has 0 fully saturated rings. The topological polar surface area (TPSA) is 35.2 Å². The molecule has 2 N–H and O–H groups in total. The van der Waals surface area contributed by atoms with Crippen molar-refractivity contribution in [3.63, 3.8) is 0 Å². The van der Waals surface area contributed by atoms with Crippen LogP contribution in [0.2, 0.25) is 10.0 Å². The summed E-state index contributed by atoms with van der Waals surface area (Å²) >= 11 is 11.5. The first-order valence-electron chi connectivity index (χ1n) is 5.18. The van der Waals surface area contributed by atoms with Gasteiger partial charge in [0, 0.05) is 16.7 Å². The number of hydrogen-bond donors (Lipinski definition) is 1. The second kappa shape index (κ2) is 5.46. The standard InChI is InChI=1S/C13H10Cl2FNO/c14-9-2-1-8(12(16)5-9)7-18-10-3-4-13(17)11(15)6-10/h1-6H,7,17H2. The summed E-state index contributed by atoms with van der Waals surface area (Å²) in [6.45, 7) is 0.100. The molecule has 94 valence electrons. The largest absolute Gasteiger partial charge is 0.489 e. The molecule has 0 saturated heterocycles. The molecule has 2 aromatic rings. The summed E-state index contributed by atoms with van der Waals surface area (Å²) < 4.78 is 18.9. The highest BCUT2D eigenvalue weighted by molar-refractivity contribution is 6.33. The maximum absolute atomic E-state index is 13.5. The molecule has 2 nitrogen and oxygen atoms in total. The predicted octanol–water partition coefficient (Wildman–Crippen LogP) is 4.29. The average molecular weight is 286 g/mol. The van der Waals surface area contributed by atoms with Gasteiger partial charge in [0.05, 0.1) is 10.7 Å². The predicted molar refractivity (Wildman–Crippen MR) is 71.6 cm³/mol. The van der Waals surface area contributed by atoms with E-state index < -0.39 is 5.82 Å². The highest BCUT2D eigenvalue weighted by atomic mass is 35.5. The van der Waals surface area contributed by atoms with Crippen LogP contribution in [0.4, 0.5) is 10.1 Å². The summed E-state index contributed by atoms with van der Waals surface area (Å²) in [5.41, 5.74) is 6.47. The lowest BCUT2D eigenvalue weighted by Gasteiger charge is -2.08. The molecule has 0 saturated carbocycles. The molecule has 18 heavy (non-hydrogen) atoms. The molecule has 0 bridgehead atoms. The normalized spacial score (nSPS) is 10.4. The first-order chi connectivity index (χ1) is 8.56. The third-order valence-electron chi connectivity index (χ3n) is 2.38. The lowest BCUT2D eigenvalue weighted by atomic mass is 10.2. The first-order valence-corrected chi connectivity index (χ1v) is 5.93. The molecule has 0 aliphatic carbocycles. The van der Waals surface area contributed by atoms with Gasteiger partial charge < -0.3 is 10.5 Å². The highest BCUT2D eigenvalue weighted by Gasteiger charge is 2.05. The van der Waals surface area contributed by atoms with Gasteiger partial charge in [-0.15, -0.1) is 0 Å². The van der Waals surface area contributed by atoms with E-state index in [1.165, 1.54) is 6.07 Å². The van der Waals surface area contributed by atoms with Crippen molar-refractivity contribution in [3.05, 3.63) is 57.8 Å². The number of ether oxygens (including phenoxy) is 1. The van der Waals surface area contributed by atoms with Crippen molar-refractivity contribution in [2.45, 2.75) is 6.61 Å². The molecule has 0 heterocycles. The van der Waals surface area contributed by atoms with Gasteiger partial charge in [-0.05, 0) is 24.3 Å². The van der Waals surface area contributed by atoms with Crippen LogP contribution in [0.5, 0.6) is 5.75 Å². The van der Waals surface area contributed by atoms with Gasteiger partial charge in [0.2, 0.25) is 0 Å². The second-order valence-corrected chi connectivity index (χ2v) is 4.55. The number of nitrogens with two attached hydrogens (primary N) is 1. The summed E-state index contributed by atoms with van der Waals surface area (Å²) in [4.78, 5) is 0. The van der Waals surface area contributed by atoms with Gasteiger partial charge in [0.25, 0.3) is 0 Å². The quantitative estimate of drug-likeness (QED) is 0.854. The highest BCUT2D eigenvalue weighted by Crippen LogP contribution is 2.25. The SMILES string of the molecule is Nc1ccc(OCc2ccc(Cl)cc2F)cc1Cl. The number of rotatable bonds is 3. The molecule has 5 heteroatoms. The third kappa shape index (κ3) is 3.06. The monoisotopic (exact) mass is 285 g/mol. The zero-order valence-electron chi connectivity index (χ0n) is 9.29. The van der Waals surface area contributed by atoms with Gasteiger partial charge in [-0.1, -0.05) is 29.3 Å². The molecule has 0 atom stereocenters. The molecule has 0 radical (unpaired) electrons. The molecule has 0 unspecified atom stereocenters. The van der Waals surface area contributed by atoms with Gasteiger partial charge in [0.15, 0.2) is 0 Å². The molecule has 2 aromatic carbocycles. The van der Waals surface area contributed by atoms with Crippen molar-refractivity contribution >= 4 is 28.9 Å². The van der Waals surface area contributed by atoms with Crippen LogP contribution >= 0.6 is 23.2 Å². The van der Waals surface area contributed by atoms with E-state index >= 15 is 0 Å². The van der Waals surface area contributed by atoms with Crippen molar-refractivity contribution < 1.29 is 9.13 Å². The fourth-order valence-corrected chi connectivity index (χ4v) is 1.73. The third-order valence-corrected chi connectivity index (χ3v) is 2.94. The van der Waals surface area contributed by atoms with Crippen LogP contribution in [-0.2, 0) is 6.61 Å². The Bertz CT molecular complexity index is 575. The molecule has 0 aliphatic rings. The molecule has 0 aliphatic heterocycles. The zero-order chi connectivity index (χ0) is 13.1. The van der Waals surface area contributed by atoms with E-state index in [0.29, 0.717) is 27.0 Å². The number of hydrogen-bond acceptors (Lipinski definition) is 2. The maximum atomic E-state index is 13.5. The van der Waals surface area contributed by atoms with Gasteiger partial charge >= 0.3 is 0 Å². The Hall–Kier alpha value is -1.45. The summed E-state index contributed by atoms with van der Waals surface area (Å²) in [7, 11) is 0. The Balaban J connectivity index is 2.09. The maximum Gasteiger partial charge on any atom is 0.131 e. The Labute approximate surface area is 114 Å². The van der Waals surface area contributed by atoms with Crippen molar-refractivity contribution in [1.29, 1.82) is 0 Å². The number of anilines is 1. The Morgan fingerprint density at radius 3 is 2.56 bits per heavy atom. The minimum Gasteiger partial charge on any atom is -0.489 e. The molecule has 0 amide bonds. The molecule has 2 rings (SSSR count). The van der Waals surface area contributed by atoms with Crippen LogP contribution in [-0.4, -0.2) is 0 Å². The summed E-state index contributed by atoms with van der Waals surface area (Å²) in [6.07, 6.45) is 0. The molecule has 0 spiro atoms. The van der Waals surface area contributed by atoms with Crippen LogP contribution in [0, 0.1) is 5.82 Å². The van der Waals surface area contributed by atoms with E-state index in [1.807, 2.05) is 0 Å². The van der Waals surface area contributed by atoms with Crippen molar-refractivity contribution in [2.75, 3.05) is 5.73 Å². The van der Waals surface area contributed by atoms with Crippen LogP contribution in [0.3, 0.4) is 0 Å². The molecular formula is C13H10Cl2FNO. The molecular weight excluding hydrogens is 276 g/mol. The molecule has 0 aromatic heterocycles. The lowest BCUT2D eigenvalue weighted by Crippen LogP contribution is -1.98. The lowest BCUT2D eigenvalue weighted by molar-refractivity contribution is 0.300. The van der Waals surface area contributed by atoms with Crippen LogP contribution in [0.25, 0.3) is 0 Å². The summed E-state index contributed by atoms with van der Waals surface area (Å²) in [5.74, 6) is 0.132. The van der Waals surface area contributed by atoms with Crippen LogP contribution in [0.15, 0.2) is 36.4 Å². The minimum absolute atomic E-state index is 0.100. The van der Waals surface area contributed by atoms with E-state index in [0.717, 1.165) is 0 Å². The van der Waals surface area contributed by atoms with Gasteiger partial charge in [0.1, 0.15) is 18.2 Å². The van der Waals surface area contributed by atoms with E-state index in [9.17, 15) is 4.39 Å². The smallest absolute Gasteiger partial charge is 0.131 e. The van der Waals surface area contributed by atoms with Crippen molar-refractivity contribution in [3.8, 4) is 5.75 Å². The van der Waals surface area contributed by atoms with E-state index in [1.54, 1.807) is 30.3 Å². The van der Waals surface area contributed by atoms with E-state index in [-0.39, 0.29) is 6.61 Å². The Morgan fingerprint density at radius 1 is 1.11 bits per heavy atom. The van der Waals surface area contributed by atoms with E-state index in [4.69, 9.17) is 33.7 Å². The van der Waals surface area contributed by atoms with Gasteiger partial charge in [-0.2, -0.15) is 0 Å². The Morgan fingerprint density at radius 2 is 1.89 bits per heavy atom.